The number of thiazole rings is 1. The molecule has 1 aromatic heterocycles. The van der Waals surface area contributed by atoms with Crippen LogP contribution in [-0.2, 0) is 22.6 Å². The van der Waals surface area contributed by atoms with Gasteiger partial charge in [-0.3, -0.25) is 9.78 Å². The van der Waals surface area contributed by atoms with Crippen molar-refractivity contribution in [1.82, 2.24) is 4.98 Å². The van der Waals surface area contributed by atoms with Crippen LogP contribution >= 0.6 is 11.3 Å². The van der Waals surface area contributed by atoms with Crippen molar-refractivity contribution in [3.63, 3.8) is 0 Å². The quantitative estimate of drug-likeness (QED) is 0.663. The van der Waals surface area contributed by atoms with Crippen molar-refractivity contribution in [3.8, 4) is 0 Å². The molecular weight excluding hydrogens is 248 g/mol. The van der Waals surface area contributed by atoms with Gasteiger partial charge in [0.1, 0.15) is 6.61 Å². The number of esters is 1. The van der Waals surface area contributed by atoms with Crippen LogP contribution in [0.2, 0.25) is 0 Å². The highest BCUT2D eigenvalue weighted by Gasteiger charge is 2.05. The van der Waals surface area contributed by atoms with Crippen molar-refractivity contribution in [2.75, 3.05) is 5.73 Å². The Bertz CT molecular complexity index is 511. The first kappa shape index (κ1) is 12.6. The molecule has 0 fully saturated rings. The van der Waals surface area contributed by atoms with Crippen molar-refractivity contribution in [3.05, 3.63) is 46.4 Å². The Morgan fingerprint density at radius 2 is 2.33 bits per heavy atom. The maximum absolute atomic E-state index is 11.5. The summed E-state index contributed by atoms with van der Waals surface area (Å²) >= 11 is 1.48. The van der Waals surface area contributed by atoms with Gasteiger partial charge in [0.15, 0.2) is 0 Å². The van der Waals surface area contributed by atoms with Gasteiger partial charge < -0.3 is 10.5 Å². The van der Waals surface area contributed by atoms with Crippen molar-refractivity contribution in [1.29, 1.82) is 0 Å². The molecule has 94 valence electrons. The number of aryl methyl sites for hydroxylation is 1. The molecule has 0 bridgehead atoms. The second-order valence-electron chi connectivity index (χ2n) is 3.87. The number of carbonyl (C=O) groups excluding carboxylic acids is 1. The molecule has 4 nitrogen and oxygen atoms in total. The van der Waals surface area contributed by atoms with E-state index >= 15 is 0 Å². The fourth-order valence-corrected chi connectivity index (χ4v) is 2.04. The summed E-state index contributed by atoms with van der Waals surface area (Å²) in [5.74, 6) is -0.203. The standard InChI is InChI=1S/C13H14N2O2S/c14-11-3-1-2-10(6-11)4-5-13(16)17-8-12-7-15-9-18-12/h1-3,6-7,9H,4-5,8,14H2. The van der Waals surface area contributed by atoms with Crippen molar-refractivity contribution < 1.29 is 9.53 Å². The number of ether oxygens (including phenoxy) is 1. The Morgan fingerprint density at radius 1 is 1.44 bits per heavy atom. The van der Waals surface area contributed by atoms with Gasteiger partial charge in [0, 0.05) is 18.3 Å². The lowest BCUT2D eigenvalue weighted by molar-refractivity contribution is -0.144. The van der Waals surface area contributed by atoms with Crippen LogP contribution in [0.15, 0.2) is 36.0 Å². The van der Waals surface area contributed by atoms with Gasteiger partial charge in [0.05, 0.1) is 10.4 Å². The topological polar surface area (TPSA) is 65.2 Å². The number of hydrogen-bond donors (Lipinski definition) is 1. The number of rotatable bonds is 5. The summed E-state index contributed by atoms with van der Waals surface area (Å²) in [6.07, 6.45) is 2.71. The SMILES string of the molecule is Nc1cccc(CCC(=O)OCc2cncs2)c1. The fraction of sp³-hybridized carbons (Fsp3) is 0.231. The van der Waals surface area contributed by atoms with E-state index in [2.05, 4.69) is 4.98 Å². The predicted molar refractivity (Wildman–Crippen MR) is 71.1 cm³/mol. The van der Waals surface area contributed by atoms with Gasteiger partial charge in [0.25, 0.3) is 0 Å². The number of nitrogen functional groups attached to an aromatic ring is 1. The monoisotopic (exact) mass is 262 g/mol. The second-order valence-corrected chi connectivity index (χ2v) is 4.84. The van der Waals surface area contributed by atoms with E-state index in [1.165, 1.54) is 11.3 Å². The summed E-state index contributed by atoms with van der Waals surface area (Å²) in [7, 11) is 0. The van der Waals surface area contributed by atoms with E-state index in [0.29, 0.717) is 25.1 Å². The highest BCUT2D eigenvalue weighted by molar-refractivity contribution is 7.09. The molecule has 1 aromatic carbocycles. The van der Waals surface area contributed by atoms with E-state index in [1.54, 1.807) is 11.7 Å². The number of hydrogen-bond acceptors (Lipinski definition) is 5. The van der Waals surface area contributed by atoms with Gasteiger partial charge in [0.2, 0.25) is 0 Å². The number of aromatic nitrogens is 1. The summed E-state index contributed by atoms with van der Waals surface area (Å²) in [5.41, 5.74) is 9.14. The van der Waals surface area contributed by atoms with Gasteiger partial charge in [-0.1, -0.05) is 12.1 Å². The van der Waals surface area contributed by atoms with Gasteiger partial charge in [-0.05, 0) is 24.1 Å². The Hall–Kier alpha value is -1.88. The first-order chi connectivity index (χ1) is 8.74. The van der Waals surface area contributed by atoms with E-state index < -0.39 is 0 Å². The number of carbonyl (C=O) groups is 1. The average molecular weight is 262 g/mol. The maximum Gasteiger partial charge on any atom is 0.306 e. The molecule has 0 spiro atoms. The van der Waals surface area contributed by atoms with Gasteiger partial charge >= 0.3 is 5.97 Å². The lowest BCUT2D eigenvalue weighted by Crippen LogP contribution is -2.05. The third-order valence-corrected chi connectivity index (χ3v) is 3.18. The van der Waals surface area contributed by atoms with Crippen molar-refractivity contribution >= 4 is 23.0 Å². The molecule has 0 unspecified atom stereocenters. The van der Waals surface area contributed by atoms with Crippen LogP contribution in [0.5, 0.6) is 0 Å². The van der Waals surface area contributed by atoms with Crippen LogP contribution in [0.4, 0.5) is 5.69 Å². The minimum atomic E-state index is -0.203. The molecule has 0 aliphatic rings. The first-order valence-corrected chi connectivity index (χ1v) is 6.49. The van der Waals surface area contributed by atoms with E-state index in [9.17, 15) is 4.79 Å². The third-order valence-electron chi connectivity index (χ3n) is 2.43. The largest absolute Gasteiger partial charge is 0.460 e. The summed E-state index contributed by atoms with van der Waals surface area (Å²) in [6.45, 7) is 0.306. The summed E-state index contributed by atoms with van der Waals surface area (Å²) < 4.78 is 5.14. The average Bonchev–Trinajstić information content (AvgIpc) is 2.87. The normalized spacial score (nSPS) is 10.2. The molecular formula is C13H14N2O2S. The van der Waals surface area contributed by atoms with E-state index in [0.717, 1.165) is 10.4 Å². The molecule has 2 N–H and O–H groups in total. The van der Waals surface area contributed by atoms with Crippen LogP contribution in [-0.4, -0.2) is 11.0 Å². The van der Waals surface area contributed by atoms with Crippen LogP contribution in [0.3, 0.4) is 0 Å². The van der Waals surface area contributed by atoms with Crippen molar-refractivity contribution in [2.24, 2.45) is 0 Å². The Kier molecular flexibility index (Phi) is 4.30. The molecule has 0 aliphatic heterocycles. The second kappa shape index (κ2) is 6.16. The Labute approximate surface area is 109 Å². The maximum atomic E-state index is 11.5. The smallest absolute Gasteiger partial charge is 0.306 e. The molecule has 1 heterocycles. The molecule has 0 radical (unpaired) electrons. The third kappa shape index (κ3) is 3.85. The molecule has 0 aliphatic carbocycles. The Balaban J connectivity index is 1.75. The van der Waals surface area contributed by atoms with E-state index in [-0.39, 0.29) is 5.97 Å². The Morgan fingerprint density at radius 3 is 3.06 bits per heavy atom. The number of nitrogens with zero attached hydrogens (tertiary/aromatic N) is 1. The molecule has 0 amide bonds. The van der Waals surface area contributed by atoms with Gasteiger partial charge in [-0.2, -0.15) is 0 Å². The minimum absolute atomic E-state index is 0.203. The summed E-state index contributed by atoms with van der Waals surface area (Å²) in [6, 6.07) is 7.53. The molecule has 2 aromatic rings. The summed E-state index contributed by atoms with van der Waals surface area (Å²) in [5, 5.41) is 0. The fourth-order valence-electron chi connectivity index (χ4n) is 1.53. The highest BCUT2D eigenvalue weighted by Crippen LogP contribution is 2.11. The van der Waals surface area contributed by atoms with Crippen molar-refractivity contribution in [2.45, 2.75) is 19.4 Å². The number of benzene rings is 1. The lowest BCUT2D eigenvalue weighted by atomic mass is 10.1. The molecule has 2 rings (SSSR count). The summed E-state index contributed by atoms with van der Waals surface area (Å²) in [4.78, 5) is 16.4. The van der Waals surface area contributed by atoms with Crippen LogP contribution in [0.1, 0.15) is 16.9 Å². The molecule has 0 saturated carbocycles. The van der Waals surface area contributed by atoms with E-state index in [4.69, 9.17) is 10.5 Å². The predicted octanol–water partition coefficient (Wildman–Crippen LogP) is 2.40. The lowest BCUT2D eigenvalue weighted by Gasteiger charge is -2.04. The molecule has 0 saturated heterocycles. The number of anilines is 1. The zero-order chi connectivity index (χ0) is 12.8. The molecule has 0 atom stereocenters. The molecule has 5 heteroatoms. The zero-order valence-electron chi connectivity index (χ0n) is 9.83. The van der Waals surface area contributed by atoms with Crippen LogP contribution < -0.4 is 5.73 Å². The van der Waals surface area contributed by atoms with Gasteiger partial charge in [-0.15, -0.1) is 11.3 Å². The van der Waals surface area contributed by atoms with Crippen LogP contribution in [0.25, 0.3) is 0 Å². The molecule has 18 heavy (non-hydrogen) atoms. The highest BCUT2D eigenvalue weighted by atomic mass is 32.1. The minimum Gasteiger partial charge on any atom is -0.460 e. The zero-order valence-corrected chi connectivity index (χ0v) is 10.7. The van der Waals surface area contributed by atoms with Crippen LogP contribution in [0, 0.1) is 0 Å². The van der Waals surface area contributed by atoms with Gasteiger partial charge in [-0.25, -0.2) is 0 Å². The first-order valence-electron chi connectivity index (χ1n) is 5.61. The van der Waals surface area contributed by atoms with E-state index in [1.807, 2.05) is 24.3 Å². The number of nitrogens with two attached hydrogens (primary N) is 1.